The number of benzene rings is 2. The van der Waals surface area contributed by atoms with E-state index in [1.807, 2.05) is 48.7 Å². The van der Waals surface area contributed by atoms with E-state index >= 15 is 0 Å². The zero-order valence-electron chi connectivity index (χ0n) is 14.6. The second kappa shape index (κ2) is 7.54. The second-order valence-electron chi connectivity index (χ2n) is 6.67. The minimum Gasteiger partial charge on any atom is -0.325 e. The van der Waals surface area contributed by atoms with E-state index in [9.17, 15) is 4.79 Å². The SMILES string of the molecule is O=C(Nc1cccc(-c2cn[nH]c2)c1)C1CCCN1Cc1ccccc1. The molecule has 0 saturated carbocycles. The van der Waals surface area contributed by atoms with Gasteiger partial charge >= 0.3 is 0 Å². The molecule has 1 unspecified atom stereocenters. The van der Waals surface area contributed by atoms with Crippen molar-refractivity contribution >= 4 is 11.6 Å². The highest BCUT2D eigenvalue weighted by molar-refractivity contribution is 5.95. The Morgan fingerprint density at radius 2 is 2.04 bits per heavy atom. The Balaban J connectivity index is 1.45. The van der Waals surface area contributed by atoms with Crippen LogP contribution in [-0.2, 0) is 11.3 Å². The summed E-state index contributed by atoms with van der Waals surface area (Å²) in [5.41, 5.74) is 4.10. The van der Waals surface area contributed by atoms with Gasteiger partial charge in [-0.15, -0.1) is 0 Å². The van der Waals surface area contributed by atoms with Gasteiger partial charge in [-0.25, -0.2) is 0 Å². The molecule has 5 heteroatoms. The summed E-state index contributed by atoms with van der Waals surface area (Å²) in [7, 11) is 0. The molecule has 0 spiro atoms. The molecule has 1 aliphatic rings. The van der Waals surface area contributed by atoms with E-state index in [4.69, 9.17) is 0 Å². The van der Waals surface area contributed by atoms with Gasteiger partial charge in [-0.2, -0.15) is 5.10 Å². The highest BCUT2D eigenvalue weighted by Crippen LogP contribution is 2.24. The van der Waals surface area contributed by atoms with E-state index in [-0.39, 0.29) is 11.9 Å². The fraction of sp³-hybridized carbons (Fsp3) is 0.238. The molecule has 0 aliphatic carbocycles. The largest absolute Gasteiger partial charge is 0.325 e. The molecule has 1 atom stereocenters. The van der Waals surface area contributed by atoms with Crippen LogP contribution in [0.5, 0.6) is 0 Å². The molecule has 1 aromatic heterocycles. The molecule has 3 aromatic rings. The number of aromatic amines is 1. The third kappa shape index (κ3) is 3.68. The average Bonchev–Trinajstić information content (AvgIpc) is 3.35. The Morgan fingerprint density at radius 3 is 2.85 bits per heavy atom. The second-order valence-corrected chi connectivity index (χ2v) is 6.67. The van der Waals surface area contributed by atoms with E-state index in [1.165, 1.54) is 5.56 Å². The topological polar surface area (TPSA) is 61.0 Å². The quantitative estimate of drug-likeness (QED) is 0.741. The Hall–Kier alpha value is -2.92. The average molecular weight is 346 g/mol. The monoisotopic (exact) mass is 346 g/mol. The molecule has 132 valence electrons. The van der Waals surface area contributed by atoms with Gasteiger partial charge < -0.3 is 5.32 Å². The molecule has 4 rings (SSSR count). The van der Waals surface area contributed by atoms with Crippen LogP contribution in [0.4, 0.5) is 5.69 Å². The summed E-state index contributed by atoms with van der Waals surface area (Å²) >= 11 is 0. The van der Waals surface area contributed by atoms with Crippen molar-refractivity contribution in [1.29, 1.82) is 0 Å². The number of amides is 1. The summed E-state index contributed by atoms with van der Waals surface area (Å²) in [5.74, 6) is 0.0720. The number of aromatic nitrogens is 2. The number of nitrogens with zero attached hydrogens (tertiary/aromatic N) is 2. The Labute approximate surface area is 153 Å². The molecular formula is C21H22N4O. The fourth-order valence-electron chi connectivity index (χ4n) is 3.54. The third-order valence-corrected chi connectivity index (χ3v) is 4.86. The molecule has 1 amide bonds. The zero-order valence-corrected chi connectivity index (χ0v) is 14.6. The number of hydrogen-bond donors (Lipinski definition) is 2. The highest BCUT2D eigenvalue weighted by atomic mass is 16.2. The Bertz CT molecular complexity index is 861. The van der Waals surface area contributed by atoms with Crippen molar-refractivity contribution in [3.8, 4) is 11.1 Å². The van der Waals surface area contributed by atoms with Crippen LogP contribution < -0.4 is 5.32 Å². The van der Waals surface area contributed by atoms with Gasteiger partial charge in [-0.1, -0.05) is 42.5 Å². The normalized spacial score (nSPS) is 17.3. The van der Waals surface area contributed by atoms with Crippen LogP contribution in [0.1, 0.15) is 18.4 Å². The summed E-state index contributed by atoms with van der Waals surface area (Å²) in [6.07, 6.45) is 5.58. The first kappa shape index (κ1) is 16.5. The van der Waals surface area contributed by atoms with Gasteiger partial charge in [0.2, 0.25) is 5.91 Å². The van der Waals surface area contributed by atoms with Gasteiger partial charge in [0.05, 0.1) is 12.2 Å². The first-order valence-electron chi connectivity index (χ1n) is 8.98. The summed E-state index contributed by atoms with van der Waals surface area (Å²) in [6, 6.07) is 18.1. The summed E-state index contributed by atoms with van der Waals surface area (Å²) in [6.45, 7) is 1.77. The van der Waals surface area contributed by atoms with Crippen molar-refractivity contribution in [2.75, 3.05) is 11.9 Å². The van der Waals surface area contributed by atoms with Gasteiger partial charge in [-0.3, -0.25) is 14.8 Å². The van der Waals surface area contributed by atoms with E-state index < -0.39 is 0 Å². The van der Waals surface area contributed by atoms with Crippen molar-refractivity contribution in [2.24, 2.45) is 0 Å². The molecule has 26 heavy (non-hydrogen) atoms. The molecule has 2 heterocycles. The van der Waals surface area contributed by atoms with Crippen LogP contribution in [-0.4, -0.2) is 33.6 Å². The lowest BCUT2D eigenvalue weighted by molar-refractivity contribution is -0.120. The van der Waals surface area contributed by atoms with E-state index in [0.717, 1.165) is 42.7 Å². The van der Waals surface area contributed by atoms with Gasteiger partial charge in [0, 0.05) is 24.0 Å². The lowest BCUT2D eigenvalue weighted by atomic mass is 10.1. The van der Waals surface area contributed by atoms with Crippen molar-refractivity contribution in [3.05, 3.63) is 72.6 Å². The molecule has 0 radical (unpaired) electrons. The molecular weight excluding hydrogens is 324 g/mol. The number of hydrogen-bond acceptors (Lipinski definition) is 3. The van der Waals surface area contributed by atoms with Crippen molar-refractivity contribution in [2.45, 2.75) is 25.4 Å². The summed E-state index contributed by atoms with van der Waals surface area (Å²) < 4.78 is 0. The molecule has 1 aliphatic heterocycles. The van der Waals surface area contributed by atoms with Gasteiger partial charge in [0.1, 0.15) is 0 Å². The predicted molar refractivity (Wildman–Crippen MR) is 103 cm³/mol. The smallest absolute Gasteiger partial charge is 0.241 e. The molecule has 0 bridgehead atoms. The standard InChI is InChI=1S/C21H22N4O/c26-21(20-10-5-11-25(20)15-16-6-2-1-3-7-16)24-19-9-4-8-17(12-19)18-13-22-23-14-18/h1-4,6-9,12-14,20H,5,10-11,15H2,(H,22,23)(H,24,26). The number of H-pyrrole nitrogens is 1. The van der Waals surface area contributed by atoms with Gasteiger partial charge in [0.15, 0.2) is 0 Å². The van der Waals surface area contributed by atoms with E-state index in [2.05, 4.69) is 32.5 Å². The minimum absolute atomic E-state index is 0.0720. The molecule has 2 aromatic carbocycles. The highest BCUT2D eigenvalue weighted by Gasteiger charge is 2.30. The van der Waals surface area contributed by atoms with Crippen molar-refractivity contribution in [3.63, 3.8) is 0 Å². The van der Waals surface area contributed by atoms with Crippen LogP contribution in [0.25, 0.3) is 11.1 Å². The maximum absolute atomic E-state index is 12.8. The minimum atomic E-state index is -0.0761. The van der Waals surface area contributed by atoms with Gasteiger partial charge in [0.25, 0.3) is 0 Å². The van der Waals surface area contributed by atoms with Crippen LogP contribution in [0.15, 0.2) is 67.0 Å². The summed E-state index contributed by atoms with van der Waals surface area (Å²) in [4.78, 5) is 15.1. The van der Waals surface area contributed by atoms with E-state index in [0.29, 0.717) is 0 Å². The maximum Gasteiger partial charge on any atom is 0.241 e. The molecule has 1 fully saturated rings. The Morgan fingerprint density at radius 1 is 1.15 bits per heavy atom. The lowest BCUT2D eigenvalue weighted by Gasteiger charge is -2.23. The fourth-order valence-corrected chi connectivity index (χ4v) is 3.54. The molecule has 5 nitrogen and oxygen atoms in total. The van der Waals surface area contributed by atoms with E-state index in [1.54, 1.807) is 6.20 Å². The number of rotatable bonds is 5. The van der Waals surface area contributed by atoms with Gasteiger partial charge in [-0.05, 0) is 42.6 Å². The van der Waals surface area contributed by atoms with Crippen LogP contribution in [0.3, 0.4) is 0 Å². The number of nitrogens with one attached hydrogen (secondary N) is 2. The van der Waals surface area contributed by atoms with Crippen LogP contribution in [0.2, 0.25) is 0 Å². The molecule has 1 saturated heterocycles. The lowest BCUT2D eigenvalue weighted by Crippen LogP contribution is -2.39. The number of likely N-dealkylation sites (tertiary alicyclic amines) is 1. The first-order chi connectivity index (χ1) is 12.8. The predicted octanol–water partition coefficient (Wildman–Crippen LogP) is 3.68. The number of carbonyl (C=O) groups is 1. The number of carbonyl (C=O) groups excluding carboxylic acids is 1. The first-order valence-corrected chi connectivity index (χ1v) is 8.98. The maximum atomic E-state index is 12.8. The van der Waals surface area contributed by atoms with Crippen molar-refractivity contribution in [1.82, 2.24) is 15.1 Å². The zero-order chi connectivity index (χ0) is 17.8. The molecule has 2 N–H and O–H groups in total. The summed E-state index contributed by atoms with van der Waals surface area (Å²) in [5, 5.41) is 9.89. The van der Waals surface area contributed by atoms with Crippen LogP contribution in [0, 0.1) is 0 Å². The third-order valence-electron chi connectivity index (χ3n) is 4.86. The van der Waals surface area contributed by atoms with Crippen LogP contribution >= 0.6 is 0 Å². The Kier molecular flexibility index (Phi) is 4.80. The van der Waals surface area contributed by atoms with Crippen molar-refractivity contribution < 1.29 is 4.79 Å². The number of anilines is 1.